The van der Waals surface area contributed by atoms with E-state index in [2.05, 4.69) is 19.1 Å². The van der Waals surface area contributed by atoms with Crippen LogP contribution in [0.15, 0.2) is 30.3 Å². The summed E-state index contributed by atoms with van der Waals surface area (Å²) in [5, 5.41) is 19.2. The van der Waals surface area contributed by atoms with E-state index >= 15 is 0 Å². The molecule has 0 saturated carbocycles. The van der Waals surface area contributed by atoms with Gasteiger partial charge in [-0.3, -0.25) is 0 Å². The van der Waals surface area contributed by atoms with Crippen LogP contribution in [0.4, 0.5) is 0 Å². The molecule has 0 aliphatic carbocycles. The number of hydrogen-bond acceptors (Lipinski definition) is 2. The Morgan fingerprint density at radius 1 is 0.824 bits per heavy atom. The van der Waals surface area contributed by atoms with E-state index in [4.69, 9.17) is 0 Å². The third-order valence-corrected chi connectivity index (χ3v) is 3.08. The lowest BCUT2D eigenvalue weighted by atomic mass is 9.94. The molecule has 0 radical (unpaired) electrons. The summed E-state index contributed by atoms with van der Waals surface area (Å²) in [7, 11) is 0. The summed E-state index contributed by atoms with van der Waals surface area (Å²) in [4.78, 5) is 0. The zero-order valence-corrected chi connectivity index (χ0v) is 10.3. The van der Waals surface area contributed by atoms with Crippen LogP contribution in [-0.2, 0) is 0 Å². The zero-order chi connectivity index (χ0) is 12.6. The van der Waals surface area contributed by atoms with Crippen LogP contribution in [-0.4, -0.2) is 10.2 Å². The maximum atomic E-state index is 9.89. The minimum atomic E-state index is 0.0771. The average molecular weight is 228 g/mol. The molecule has 0 atom stereocenters. The molecule has 17 heavy (non-hydrogen) atoms. The van der Waals surface area contributed by atoms with Gasteiger partial charge in [-0.2, -0.15) is 0 Å². The fraction of sp³-hybridized carbons (Fsp3) is 0.200. The molecule has 0 aromatic heterocycles. The minimum Gasteiger partial charge on any atom is -0.508 e. The number of phenolic OH excluding ortho intramolecular Hbond substituents is 2. The molecular weight excluding hydrogens is 212 g/mol. The van der Waals surface area contributed by atoms with Crippen molar-refractivity contribution in [3.05, 3.63) is 47.0 Å². The summed E-state index contributed by atoms with van der Waals surface area (Å²) in [6.07, 6.45) is 0. The molecule has 2 rings (SSSR count). The number of aryl methyl sites for hydroxylation is 2. The predicted octanol–water partition coefficient (Wildman–Crippen LogP) is 3.69. The first kappa shape index (κ1) is 11.5. The SMILES string of the molecule is Cc1cc(C)c(C)c(-c2ccc(O)cc2O)c1. The molecule has 0 bridgehead atoms. The van der Waals surface area contributed by atoms with Crippen LogP contribution in [0.25, 0.3) is 11.1 Å². The standard InChI is InChI=1S/C15H16O2/c1-9-6-10(2)11(3)14(7-9)13-5-4-12(16)8-15(13)17/h4-8,16-17H,1-3H3. The van der Waals surface area contributed by atoms with Gasteiger partial charge in [-0.05, 0) is 49.6 Å². The third-order valence-electron chi connectivity index (χ3n) is 3.08. The first-order valence-electron chi connectivity index (χ1n) is 5.59. The largest absolute Gasteiger partial charge is 0.508 e. The Labute approximate surface area is 101 Å². The van der Waals surface area contributed by atoms with Gasteiger partial charge in [-0.15, -0.1) is 0 Å². The fourth-order valence-corrected chi connectivity index (χ4v) is 2.07. The van der Waals surface area contributed by atoms with Crippen molar-refractivity contribution in [2.45, 2.75) is 20.8 Å². The highest BCUT2D eigenvalue weighted by Gasteiger charge is 2.09. The molecular formula is C15H16O2. The van der Waals surface area contributed by atoms with Crippen LogP contribution in [0, 0.1) is 20.8 Å². The van der Waals surface area contributed by atoms with Crippen LogP contribution in [0.3, 0.4) is 0 Å². The summed E-state index contributed by atoms with van der Waals surface area (Å²) >= 11 is 0. The number of aromatic hydroxyl groups is 2. The third kappa shape index (κ3) is 2.11. The van der Waals surface area contributed by atoms with Crippen molar-refractivity contribution in [1.29, 1.82) is 0 Å². The van der Waals surface area contributed by atoms with Crippen molar-refractivity contribution in [2.75, 3.05) is 0 Å². The van der Waals surface area contributed by atoms with E-state index in [-0.39, 0.29) is 11.5 Å². The van der Waals surface area contributed by atoms with Crippen LogP contribution < -0.4 is 0 Å². The summed E-state index contributed by atoms with van der Waals surface area (Å²) in [6, 6.07) is 8.87. The predicted molar refractivity (Wildman–Crippen MR) is 69.4 cm³/mol. The van der Waals surface area contributed by atoms with Crippen LogP contribution in [0.2, 0.25) is 0 Å². The maximum absolute atomic E-state index is 9.89. The highest BCUT2D eigenvalue weighted by Crippen LogP contribution is 2.35. The second kappa shape index (κ2) is 4.13. The first-order chi connectivity index (χ1) is 7.99. The van der Waals surface area contributed by atoms with Crippen molar-refractivity contribution in [3.8, 4) is 22.6 Å². The molecule has 2 nitrogen and oxygen atoms in total. The topological polar surface area (TPSA) is 40.5 Å². The van der Waals surface area contributed by atoms with Gasteiger partial charge in [-0.25, -0.2) is 0 Å². The van der Waals surface area contributed by atoms with E-state index < -0.39 is 0 Å². The molecule has 2 heteroatoms. The molecule has 88 valence electrons. The van der Waals surface area contributed by atoms with Crippen molar-refractivity contribution in [2.24, 2.45) is 0 Å². The molecule has 0 heterocycles. The summed E-state index contributed by atoms with van der Waals surface area (Å²) < 4.78 is 0. The van der Waals surface area contributed by atoms with Crippen LogP contribution >= 0.6 is 0 Å². The monoisotopic (exact) mass is 228 g/mol. The summed E-state index contributed by atoms with van der Waals surface area (Å²) in [5.74, 6) is 0.186. The van der Waals surface area contributed by atoms with Gasteiger partial charge in [0.25, 0.3) is 0 Å². The molecule has 2 aromatic carbocycles. The van der Waals surface area contributed by atoms with E-state index in [1.54, 1.807) is 12.1 Å². The van der Waals surface area contributed by atoms with E-state index in [0.717, 1.165) is 22.3 Å². The van der Waals surface area contributed by atoms with Gasteiger partial charge in [-0.1, -0.05) is 17.7 Å². The van der Waals surface area contributed by atoms with Gasteiger partial charge in [0.2, 0.25) is 0 Å². The molecule has 2 N–H and O–H groups in total. The Bertz CT molecular complexity index is 571. The van der Waals surface area contributed by atoms with E-state index in [0.29, 0.717) is 0 Å². The van der Waals surface area contributed by atoms with Gasteiger partial charge in [0.05, 0.1) is 0 Å². The van der Waals surface area contributed by atoms with Crippen LogP contribution in [0.5, 0.6) is 11.5 Å². The lowest BCUT2D eigenvalue weighted by molar-refractivity contribution is 0.452. The lowest BCUT2D eigenvalue weighted by Gasteiger charge is -2.12. The van der Waals surface area contributed by atoms with Gasteiger partial charge >= 0.3 is 0 Å². The number of benzene rings is 2. The minimum absolute atomic E-state index is 0.0771. The fourth-order valence-electron chi connectivity index (χ4n) is 2.07. The van der Waals surface area contributed by atoms with Crippen molar-refractivity contribution in [1.82, 2.24) is 0 Å². The Balaban J connectivity index is 2.68. The van der Waals surface area contributed by atoms with E-state index in [1.165, 1.54) is 11.6 Å². The van der Waals surface area contributed by atoms with Crippen molar-refractivity contribution < 1.29 is 10.2 Å². The Morgan fingerprint density at radius 2 is 1.53 bits per heavy atom. The second-order valence-corrected chi connectivity index (χ2v) is 4.46. The van der Waals surface area contributed by atoms with Gasteiger partial charge in [0, 0.05) is 11.6 Å². The number of phenols is 2. The first-order valence-corrected chi connectivity index (χ1v) is 5.59. The van der Waals surface area contributed by atoms with Gasteiger partial charge in [0.15, 0.2) is 0 Å². The van der Waals surface area contributed by atoms with E-state index in [1.807, 2.05) is 13.8 Å². The number of hydrogen-bond donors (Lipinski definition) is 2. The summed E-state index contributed by atoms with van der Waals surface area (Å²) in [5.41, 5.74) is 5.28. The zero-order valence-electron chi connectivity index (χ0n) is 10.3. The van der Waals surface area contributed by atoms with Gasteiger partial charge in [0.1, 0.15) is 11.5 Å². The number of rotatable bonds is 1. The molecule has 0 amide bonds. The van der Waals surface area contributed by atoms with Crippen LogP contribution in [0.1, 0.15) is 16.7 Å². The molecule has 0 spiro atoms. The quantitative estimate of drug-likeness (QED) is 0.781. The highest BCUT2D eigenvalue weighted by molar-refractivity contribution is 5.75. The Hall–Kier alpha value is -1.96. The molecule has 0 unspecified atom stereocenters. The normalized spacial score (nSPS) is 10.5. The molecule has 0 saturated heterocycles. The van der Waals surface area contributed by atoms with E-state index in [9.17, 15) is 10.2 Å². The van der Waals surface area contributed by atoms with Gasteiger partial charge < -0.3 is 10.2 Å². The molecule has 2 aromatic rings. The molecule has 0 fully saturated rings. The second-order valence-electron chi connectivity index (χ2n) is 4.46. The smallest absolute Gasteiger partial charge is 0.127 e. The Kier molecular flexibility index (Phi) is 2.80. The average Bonchev–Trinajstić information content (AvgIpc) is 2.24. The Morgan fingerprint density at radius 3 is 2.18 bits per heavy atom. The van der Waals surface area contributed by atoms with Crippen molar-refractivity contribution in [3.63, 3.8) is 0 Å². The molecule has 0 aliphatic heterocycles. The maximum Gasteiger partial charge on any atom is 0.127 e. The summed E-state index contributed by atoms with van der Waals surface area (Å²) in [6.45, 7) is 6.13. The lowest BCUT2D eigenvalue weighted by Crippen LogP contribution is -1.90. The highest BCUT2D eigenvalue weighted by atomic mass is 16.3. The van der Waals surface area contributed by atoms with Crippen molar-refractivity contribution >= 4 is 0 Å². The molecule has 0 aliphatic rings.